The first-order valence-corrected chi connectivity index (χ1v) is 6.35. The lowest BCUT2D eigenvalue weighted by Crippen LogP contribution is -2.41. The number of hydrogen-bond donors (Lipinski definition) is 2. The van der Waals surface area contributed by atoms with Gasteiger partial charge in [0.25, 0.3) is 0 Å². The van der Waals surface area contributed by atoms with Crippen molar-refractivity contribution in [2.45, 2.75) is 26.8 Å². The van der Waals surface area contributed by atoms with E-state index in [0.717, 1.165) is 6.07 Å². The molecule has 0 aromatic carbocycles. The van der Waals surface area contributed by atoms with Gasteiger partial charge in [-0.15, -0.1) is 0 Å². The maximum Gasteiger partial charge on any atom is 0.338 e. The zero-order chi connectivity index (χ0) is 15.3. The van der Waals surface area contributed by atoms with E-state index in [2.05, 4.69) is 10.3 Å². The molecule has 0 aliphatic heterocycles. The Bertz CT molecular complexity index is 504. The lowest BCUT2D eigenvalue weighted by Gasteiger charge is -2.23. The number of amides is 1. The second kappa shape index (κ2) is 6.83. The first-order chi connectivity index (χ1) is 9.42. The molecule has 1 atom stereocenters. The van der Waals surface area contributed by atoms with Crippen LogP contribution in [0.25, 0.3) is 0 Å². The Morgan fingerprint density at radius 2 is 2.05 bits per heavy atom. The number of carboxylic acid groups (broad SMARTS) is 1. The van der Waals surface area contributed by atoms with Crippen molar-refractivity contribution in [1.29, 1.82) is 0 Å². The van der Waals surface area contributed by atoms with Gasteiger partial charge < -0.3 is 15.3 Å². The third-order valence-electron chi connectivity index (χ3n) is 2.92. The summed E-state index contributed by atoms with van der Waals surface area (Å²) in [6.45, 7) is 6.37. The number of carboxylic acids is 1. The van der Waals surface area contributed by atoms with Crippen LogP contribution in [0.15, 0.2) is 12.3 Å². The number of anilines is 1. The molecule has 1 amide bonds. The average Bonchev–Trinajstić information content (AvgIpc) is 2.41. The van der Waals surface area contributed by atoms with Crippen molar-refractivity contribution in [1.82, 2.24) is 9.88 Å². The van der Waals surface area contributed by atoms with Gasteiger partial charge in [0.15, 0.2) is 11.6 Å². The third kappa shape index (κ3) is 3.43. The van der Waals surface area contributed by atoms with Gasteiger partial charge in [-0.3, -0.25) is 4.79 Å². The number of rotatable bonds is 6. The molecule has 1 unspecified atom stereocenters. The van der Waals surface area contributed by atoms with Crippen LogP contribution in [-0.2, 0) is 4.79 Å². The molecule has 0 fully saturated rings. The molecule has 0 aliphatic carbocycles. The molecule has 0 bridgehead atoms. The summed E-state index contributed by atoms with van der Waals surface area (Å²) in [7, 11) is 0. The number of halogens is 1. The number of nitrogens with one attached hydrogen (secondary N) is 1. The molecule has 0 radical (unpaired) electrons. The number of nitrogens with zero attached hydrogens (tertiary/aromatic N) is 2. The van der Waals surface area contributed by atoms with Crippen LogP contribution >= 0.6 is 0 Å². The number of hydrogen-bond acceptors (Lipinski definition) is 4. The van der Waals surface area contributed by atoms with Crippen LogP contribution in [0.2, 0.25) is 0 Å². The highest BCUT2D eigenvalue weighted by Crippen LogP contribution is 2.16. The molecule has 2 N–H and O–H groups in total. The number of likely N-dealkylation sites (N-methyl/N-ethyl adjacent to an activating group) is 1. The van der Waals surface area contributed by atoms with Crippen molar-refractivity contribution < 1.29 is 19.1 Å². The highest BCUT2D eigenvalue weighted by molar-refractivity contribution is 5.89. The summed E-state index contributed by atoms with van der Waals surface area (Å²) in [6, 6.07) is 0.376. The number of aromatic nitrogens is 1. The first-order valence-electron chi connectivity index (χ1n) is 6.35. The van der Waals surface area contributed by atoms with E-state index in [9.17, 15) is 14.0 Å². The summed E-state index contributed by atoms with van der Waals surface area (Å²) in [6.07, 6.45) is 1.18. The van der Waals surface area contributed by atoms with Crippen molar-refractivity contribution in [3.63, 3.8) is 0 Å². The number of pyridine rings is 1. The molecule has 20 heavy (non-hydrogen) atoms. The van der Waals surface area contributed by atoms with Crippen molar-refractivity contribution >= 4 is 17.7 Å². The van der Waals surface area contributed by atoms with E-state index in [0.29, 0.717) is 13.1 Å². The van der Waals surface area contributed by atoms with E-state index >= 15 is 0 Å². The van der Waals surface area contributed by atoms with Crippen LogP contribution in [0.4, 0.5) is 10.2 Å². The number of aromatic carboxylic acids is 1. The summed E-state index contributed by atoms with van der Waals surface area (Å²) in [5.74, 6) is -2.79. The van der Waals surface area contributed by atoms with Crippen molar-refractivity contribution in [2.75, 3.05) is 18.4 Å². The smallest absolute Gasteiger partial charge is 0.338 e. The summed E-state index contributed by atoms with van der Waals surface area (Å²) in [5.41, 5.74) is -0.481. The Kier molecular flexibility index (Phi) is 5.42. The highest BCUT2D eigenvalue weighted by atomic mass is 19.1. The van der Waals surface area contributed by atoms with Crippen molar-refractivity contribution in [3.05, 3.63) is 23.6 Å². The van der Waals surface area contributed by atoms with Crippen LogP contribution in [0.5, 0.6) is 0 Å². The maximum absolute atomic E-state index is 13.9. The lowest BCUT2D eigenvalue weighted by molar-refractivity contribution is -0.131. The van der Waals surface area contributed by atoms with E-state index < -0.39 is 23.4 Å². The molecule has 1 aromatic heterocycles. The minimum atomic E-state index is -1.38. The van der Waals surface area contributed by atoms with Gasteiger partial charge in [0.05, 0.1) is 0 Å². The molecule has 0 saturated heterocycles. The van der Waals surface area contributed by atoms with Gasteiger partial charge in [0.2, 0.25) is 5.91 Å². The highest BCUT2D eigenvalue weighted by Gasteiger charge is 2.21. The SMILES string of the molecule is CCN(CC)C(=O)C(C)Nc1nccc(C(=O)O)c1F. The molecular formula is C13H18FN3O3. The summed E-state index contributed by atoms with van der Waals surface area (Å²) in [4.78, 5) is 28.2. The Morgan fingerprint density at radius 1 is 1.45 bits per heavy atom. The fourth-order valence-electron chi connectivity index (χ4n) is 1.79. The quantitative estimate of drug-likeness (QED) is 0.828. The Balaban J connectivity index is 2.91. The van der Waals surface area contributed by atoms with Gasteiger partial charge in [0.1, 0.15) is 11.6 Å². The van der Waals surface area contributed by atoms with E-state index in [4.69, 9.17) is 5.11 Å². The van der Waals surface area contributed by atoms with Gasteiger partial charge in [-0.25, -0.2) is 14.2 Å². The molecule has 1 heterocycles. The van der Waals surface area contributed by atoms with Crippen molar-refractivity contribution in [2.24, 2.45) is 0 Å². The van der Waals surface area contributed by atoms with Gasteiger partial charge in [-0.2, -0.15) is 0 Å². The lowest BCUT2D eigenvalue weighted by atomic mass is 10.2. The second-order valence-electron chi connectivity index (χ2n) is 4.20. The average molecular weight is 283 g/mol. The molecule has 7 heteroatoms. The van der Waals surface area contributed by atoms with Gasteiger partial charge >= 0.3 is 5.97 Å². The normalized spacial score (nSPS) is 11.8. The maximum atomic E-state index is 13.9. The molecule has 0 spiro atoms. The molecule has 6 nitrogen and oxygen atoms in total. The third-order valence-corrected chi connectivity index (χ3v) is 2.92. The monoisotopic (exact) mass is 283 g/mol. The van der Waals surface area contributed by atoms with E-state index in [-0.39, 0.29) is 11.7 Å². The fourth-order valence-corrected chi connectivity index (χ4v) is 1.79. The van der Waals surface area contributed by atoms with E-state index in [1.807, 2.05) is 13.8 Å². The summed E-state index contributed by atoms with van der Waals surface area (Å²) in [5, 5.41) is 11.4. The van der Waals surface area contributed by atoms with Crippen LogP contribution in [-0.4, -0.2) is 46.0 Å². The molecule has 1 rings (SSSR count). The number of carbonyl (C=O) groups is 2. The first kappa shape index (κ1) is 15.9. The zero-order valence-corrected chi connectivity index (χ0v) is 11.7. The summed E-state index contributed by atoms with van der Waals surface area (Å²) >= 11 is 0. The van der Waals surface area contributed by atoms with E-state index in [1.54, 1.807) is 11.8 Å². The van der Waals surface area contributed by atoms with E-state index in [1.165, 1.54) is 6.20 Å². The molecule has 0 saturated carbocycles. The zero-order valence-electron chi connectivity index (χ0n) is 11.7. The van der Waals surface area contributed by atoms with Crippen LogP contribution < -0.4 is 5.32 Å². The standard InChI is InChI=1S/C13H18FN3O3/c1-4-17(5-2)12(18)8(3)16-11-10(14)9(13(19)20)6-7-15-11/h6-8H,4-5H2,1-3H3,(H,15,16)(H,19,20). The van der Waals surface area contributed by atoms with Crippen LogP contribution in [0.3, 0.4) is 0 Å². The van der Waals surface area contributed by atoms with Gasteiger partial charge in [-0.1, -0.05) is 0 Å². The molecular weight excluding hydrogens is 265 g/mol. The Labute approximate surface area is 116 Å². The predicted octanol–water partition coefficient (Wildman–Crippen LogP) is 1.59. The van der Waals surface area contributed by atoms with Crippen LogP contribution in [0.1, 0.15) is 31.1 Å². The predicted molar refractivity (Wildman–Crippen MR) is 72.2 cm³/mol. The Morgan fingerprint density at radius 3 is 2.55 bits per heavy atom. The van der Waals surface area contributed by atoms with Crippen LogP contribution in [0, 0.1) is 5.82 Å². The topological polar surface area (TPSA) is 82.5 Å². The second-order valence-corrected chi connectivity index (χ2v) is 4.20. The minimum absolute atomic E-state index is 0.197. The molecule has 110 valence electrons. The minimum Gasteiger partial charge on any atom is -0.478 e. The Hall–Kier alpha value is -2.18. The van der Waals surface area contributed by atoms with Gasteiger partial charge in [-0.05, 0) is 26.8 Å². The molecule has 0 aliphatic rings. The van der Waals surface area contributed by atoms with Crippen molar-refractivity contribution in [3.8, 4) is 0 Å². The largest absolute Gasteiger partial charge is 0.478 e. The number of carbonyl (C=O) groups excluding carboxylic acids is 1. The summed E-state index contributed by atoms with van der Waals surface area (Å²) < 4.78 is 13.9. The van der Waals surface area contributed by atoms with Gasteiger partial charge in [0, 0.05) is 19.3 Å². The fraction of sp³-hybridized carbons (Fsp3) is 0.462. The molecule has 1 aromatic rings.